The van der Waals surface area contributed by atoms with Crippen LogP contribution in [0, 0.1) is 5.92 Å². The first-order valence-corrected chi connectivity index (χ1v) is 6.79. The highest BCUT2D eigenvalue weighted by Crippen LogP contribution is 2.41. The standard InChI is InChI=1S/C15H18ClNO3/c1-8(2)15(3)13(18)12(14(19)17-15)11-9(16)6-5-7-10(11)20-4/h5-8,18H,1-4H3,(H,17,19). The highest BCUT2D eigenvalue weighted by atomic mass is 35.5. The van der Waals surface area contributed by atoms with Crippen molar-refractivity contribution in [1.82, 2.24) is 5.32 Å². The summed E-state index contributed by atoms with van der Waals surface area (Å²) in [6.45, 7) is 5.66. The van der Waals surface area contributed by atoms with Crippen LogP contribution in [0.4, 0.5) is 0 Å². The molecule has 1 aromatic rings. The molecule has 1 atom stereocenters. The van der Waals surface area contributed by atoms with Gasteiger partial charge in [-0.15, -0.1) is 0 Å². The van der Waals surface area contributed by atoms with E-state index in [1.165, 1.54) is 7.11 Å². The lowest BCUT2D eigenvalue weighted by molar-refractivity contribution is -0.116. The summed E-state index contributed by atoms with van der Waals surface area (Å²) in [5.41, 5.74) is -0.184. The number of aliphatic hydroxyl groups is 1. The van der Waals surface area contributed by atoms with Crippen LogP contribution in [0.2, 0.25) is 5.02 Å². The van der Waals surface area contributed by atoms with Crippen LogP contribution in [0.3, 0.4) is 0 Å². The minimum Gasteiger partial charge on any atom is -0.509 e. The molecule has 1 heterocycles. The van der Waals surface area contributed by atoms with Crippen molar-refractivity contribution in [2.24, 2.45) is 5.92 Å². The van der Waals surface area contributed by atoms with E-state index in [2.05, 4.69) is 5.32 Å². The minimum absolute atomic E-state index is 0.00361. The summed E-state index contributed by atoms with van der Waals surface area (Å²) < 4.78 is 5.25. The average Bonchev–Trinajstić information content (AvgIpc) is 2.62. The molecule has 0 spiro atoms. The zero-order valence-electron chi connectivity index (χ0n) is 12.0. The third-order valence-electron chi connectivity index (χ3n) is 3.93. The Kier molecular flexibility index (Phi) is 3.69. The summed E-state index contributed by atoms with van der Waals surface area (Å²) >= 11 is 6.19. The summed E-state index contributed by atoms with van der Waals surface area (Å²) in [6.07, 6.45) is 0. The van der Waals surface area contributed by atoms with E-state index >= 15 is 0 Å². The second-order valence-corrected chi connectivity index (χ2v) is 5.76. The van der Waals surface area contributed by atoms with Crippen molar-refractivity contribution in [3.63, 3.8) is 0 Å². The third kappa shape index (κ3) is 2.04. The van der Waals surface area contributed by atoms with Crippen LogP contribution < -0.4 is 10.1 Å². The topological polar surface area (TPSA) is 58.6 Å². The molecule has 0 fully saturated rings. The number of methoxy groups -OCH3 is 1. The average molecular weight is 296 g/mol. The Bertz CT molecular complexity index is 595. The summed E-state index contributed by atoms with van der Waals surface area (Å²) in [5.74, 6) is 0.161. The first kappa shape index (κ1) is 14.7. The Morgan fingerprint density at radius 3 is 2.55 bits per heavy atom. The molecular weight excluding hydrogens is 278 g/mol. The van der Waals surface area contributed by atoms with Gasteiger partial charge >= 0.3 is 0 Å². The van der Waals surface area contributed by atoms with E-state index in [1.54, 1.807) is 25.1 Å². The fourth-order valence-electron chi connectivity index (χ4n) is 2.29. The highest BCUT2D eigenvalue weighted by Gasteiger charge is 2.45. The molecule has 0 saturated heterocycles. The number of benzene rings is 1. The van der Waals surface area contributed by atoms with Crippen molar-refractivity contribution in [3.8, 4) is 5.75 Å². The Morgan fingerprint density at radius 2 is 2.05 bits per heavy atom. The van der Waals surface area contributed by atoms with Crippen LogP contribution in [0.25, 0.3) is 5.57 Å². The van der Waals surface area contributed by atoms with Crippen molar-refractivity contribution >= 4 is 23.1 Å². The number of halogens is 1. The van der Waals surface area contributed by atoms with E-state index in [0.29, 0.717) is 16.3 Å². The zero-order chi connectivity index (χ0) is 15.1. The minimum atomic E-state index is -0.795. The third-order valence-corrected chi connectivity index (χ3v) is 4.24. The second-order valence-electron chi connectivity index (χ2n) is 5.35. The zero-order valence-corrected chi connectivity index (χ0v) is 12.7. The number of carbonyl (C=O) groups is 1. The van der Waals surface area contributed by atoms with Crippen molar-refractivity contribution < 1.29 is 14.6 Å². The first-order chi connectivity index (χ1) is 9.32. The van der Waals surface area contributed by atoms with Crippen LogP contribution in [0.15, 0.2) is 24.0 Å². The highest BCUT2D eigenvalue weighted by molar-refractivity contribution is 6.36. The lowest BCUT2D eigenvalue weighted by Crippen LogP contribution is -2.46. The number of carbonyl (C=O) groups excluding carboxylic acids is 1. The maximum atomic E-state index is 12.3. The fourth-order valence-corrected chi connectivity index (χ4v) is 2.55. The summed E-state index contributed by atoms with van der Waals surface area (Å²) in [5, 5.41) is 13.7. The second kappa shape index (κ2) is 5.02. The maximum absolute atomic E-state index is 12.3. The maximum Gasteiger partial charge on any atom is 0.256 e. The van der Waals surface area contributed by atoms with E-state index in [-0.39, 0.29) is 23.2 Å². The predicted molar refractivity (Wildman–Crippen MR) is 78.9 cm³/mol. The molecule has 1 amide bonds. The Balaban J connectivity index is 2.69. The number of hydrogen-bond acceptors (Lipinski definition) is 3. The van der Waals surface area contributed by atoms with Crippen LogP contribution >= 0.6 is 11.6 Å². The molecule has 20 heavy (non-hydrogen) atoms. The van der Waals surface area contributed by atoms with Crippen molar-refractivity contribution in [1.29, 1.82) is 0 Å². The fraction of sp³-hybridized carbons (Fsp3) is 0.400. The predicted octanol–water partition coefficient (Wildman–Crippen LogP) is 3.16. The van der Waals surface area contributed by atoms with E-state index in [9.17, 15) is 9.90 Å². The van der Waals surface area contributed by atoms with Crippen LogP contribution in [-0.2, 0) is 4.79 Å². The van der Waals surface area contributed by atoms with Gasteiger partial charge in [-0.25, -0.2) is 0 Å². The molecule has 0 aliphatic carbocycles. The van der Waals surface area contributed by atoms with E-state index in [1.807, 2.05) is 13.8 Å². The molecule has 0 saturated carbocycles. The Hall–Kier alpha value is -1.68. The Morgan fingerprint density at radius 1 is 1.40 bits per heavy atom. The summed E-state index contributed by atoms with van der Waals surface area (Å²) in [7, 11) is 1.50. The van der Waals surface area contributed by atoms with Gasteiger partial charge in [0.25, 0.3) is 5.91 Å². The quantitative estimate of drug-likeness (QED) is 0.900. The van der Waals surface area contributed by atoms with E-state index < -0.39 is 5.54 Å². The van der Waals surface area contributed by atoms with Crippen LogP contribution in [0.1, 0.15) is 26.3 Å². The molecule has 5 heteroatoms. The summed E-state index contributed by atoms with van der Waals surface area (Å²) in [4.78, 5) is 12.3. The van der Waals surface area contributed by atoms with Crippen LogP contribution in [-0.4, -0.2) is 23.7 Å². The van der Waals surface area contributed by atoms with Gasteiger partial charge in [0, 0.05) is 0 Å². The van der Waals surface area contributed by atoms with Gasteiger partial charge in [-0.05, 0) is 25.0 Å². The number of rotatable bonds is 3. The smallest absolute Gasteiger partial charge is 0.256 e. The van der Waals surface area contributed by atoms with Gasteiger partial charge in [-0.2, -0.15) is 0 Å². The molecule has 2 rings (SSSR count). The molecular formula is C15H18ClNO3. The number of aliphatic hydroxyl groups excluding tert-OH is 1. The molecule has 0 bridgehead atoms. The molecule has 1 aromatic carbocycles. The number of ether oxygens (including phenoxy) is 1. The monoisotopic (exact) mass is 295 g/mol. The SMILES string of the molecule is COc1cccc(Cl)c1C1=C(O)C(C)(C(C)C)NC1=O. The molecule has 4 nitrogen and oxygen atoms in total. The normalized spacial score (nSPS) is 22.4. The lowest BCUT2D eigenvalue weighted by atomic mass is 9.86. The molecule has 0 aromatic heterocycles. The van der Waals surface area contributed by atoms with Gasteiger partial charge in [0.15, 0.2) is 0 Å². The molecule has 1 aliphatic rings. The molecule has 1 aliphatic heterocycles. The van der Waals surface area contributed by atoms with Crippen molar-refractivity contribution in [3.05, 3.63) is 34.5 Å². The van der Waals surface area contributed by atoms with Crippen LogP contribution in [0.5, 0.6) is 5.75 Å². The van der Waals surface area contributed by atoms with Gasteiger partial charge in [0.2, 0.25) is 0 Å². The lowest BCUT2D eigenvalue weighted by Gasteiger charge is -2.29. The molecule has 0 radical (unpaired) electrons. The van der Waals surface area contributed by atoms with Crippen molar-refractivity contribution in [2.45, 2.75) is 26.3 Å². The summed E-state index contributed by atoms with van der Waals surface area (Å²) in [6, 6.07) is 5.11. The van der Waals surface area contributed by atoms with Gasteiger partial charge < -0.3 is 15.2 Å². The number of amides is 1. The van der Waals surface area contributed by atoms with Gasteiger partial charge in [-0.1, -0.05) is 31.5 Å². The largest absolute Gasteiger partial charge is 0.509 e. The van der Waals surface area contributed by atoms with Gasteiger partial charge in [0.1, 0.15) is 11.5 Å². The number of hydrogen-bond donors (Lipinski definition) is 2. The van der Waals surface area contributed by atoms with Gasteiger partial charge in [-0.3, -0.25) is 4.79 Å². The van der Waals surface area contributed by atoms with E-state index in [0.717, 1.165) is 0 Å². The first-order valence-electron chi connectivity index (χ1n) is 6.42. The number of nitrogens with one attached hydrogen (secondary N) is 1. The Labute approximate surface area is 123 Å². The van der Waals surface area contributed by atoms with Gasteiger partial charge in [0.05, 0.1) is 28.8 Å². The van der Waals surface area contributed by atoms with Crippen molar-refractivity contribution in [2.75, 3.05) is 7.11 Å². The molecule has 2 N–H and O–H groups in total. The van der Waals surface area contributed by atoms with E-state index in [4.69, 9.17) is 16.3 Å². The molecule has 108 valence electrons. The molecule has 1 unspecified atom stereocenters.